The van der Waals surface area contributed by atoms with Crippen LogP contribution in [0, 0.1) is 0 Å². The van der Waals surface area contributed by atoms with E-state index in [1.165, 1.54) is 0 Å². The Labute approximate surface area is 734 Å². The van der Waals surface area contributed by atoms with Gasteiger partial charge in [-0.05, 0) is 360 Å². The fourth-order valence-electron chi connectivity index (χ4n) is 12.3. The van der Waals surface area contributed by atoms with Gasteiger partial charge in [0.25, 0.3) is 0 Å². The van der Waals surface area contributed by atoms with Gasteiger partial charge in [0.05, 0.1) is 157 Å². The van der Waals surface area contributed by atoms with Gasteiger partial charge in [0.15, 0.2) is 0 Å². The lowest BCUT2D eigenvalue weighted by Gasteiger charge is -2.82. The van der Waals surface area contributed by atoms with Crippen LogP contribution in [-0.2, 0) is 4.57 Å². The largest absolute Gasteiger partial charge is 0.865 e. The minimum atomic E-state index is -5.39. The Morgan fingerprint density at radius 3 is 0.297 bits per heavy atom. The molecule has 0 radical (unpaired) electrons. The van der Waals surface area contributed by atoms with Crippen LogP contribution in [0.1, 0.15) is 399 Å². The molecule has 0 aliphatic heterocycles. The van der Waals surface area contributed by atoms with Crippen LogP contribution < -0.4 is 135 Å². The van der Waals surface area contributed by atoms with E-state index < -0.39 is 56.0 Å². The van der Waals surface area contributed by atoms with Crippen molar-refractivity contribution in [1.82, 2.24) is 0 Å². The molecule has 0 amide bonds. The summed E-state index contributed by atoms with van der Waals surface area (Å²) in [6.07, 6.45) is -5.37. The average Bonchev–Trinajstić information content (AvgIpc) is 3.41. The maximum Gasteiger partial charge on any atom is 0.0803 e. The molecular formula is C90H222N13O14P. The summed E-state index contributed by atoms with van der Waals surface area (Å²) in [5.41, 5.74) is 0. The molecule has 28 heteroatoms. The van der Waals surface area contributed by atoms with E-state index in [1.807, 2.05) is 0 Å². The van der Waals surface area contributed by atoms with Gasteiger partial charge in [-0.15, -0.1) is 0 Å². The molecule has 2 atom stereocenters. The zero-order valence-corrected chi connectivity index (χ0v) is 89.0. The standard InChI is InChI=1S/13C6H15N.2C6H7O5.H3O4P/c13*1-5(2)7-6(3)4;2*7-4-2-1-3-5(8,9)6(4,10)11;1-5(2,3)4/h13*5-7H,1-4H3;2*4H,1-3H2;(H3,1,2,3,4)/q;;;;;;;;;;;;;2*-5;/p+10. The van der Waals surface area contributed by atoms with Crippen LogP contribution in [0.5, 0.6) is 0 Å². The number of hydrogen-bond acceptors (Lipinski definition) is 14. The lowest BCUT2D eigenvalue weighted by atomic mass is 9.86. The fourth-order valence-corrected chi connectivity index (χ4v) is 12.3. The molecule has 0 saturated heterocycles. The highest BCUT2D eigenvalue weighted by Gasteiger charge is 2.20. The molecule has 0 aromatic carbocycles. The van der Waals surface area contributed by atoms with Crippen LogP contribution in [0.4, 0.5) is 0 Å². The second kappa shape index (κ2) is 88.2. The molecule has 736 valence electrons. The molecule has 0 bridgehead atoms. The predicted octanol–water partition coefficient (Wildman–Crippen LogP) is -8.59. The third kappa shape index (κ3) is 166. The fraction of sp³-hybridized carbons (Fsp3) is 1.00. The molecule has 2 aliphatic carbocycles. The van der Waals surface area contributed by atoms with E-state index in [1.54, 1.807) is 0 Å². The Kier molecular flexibility index (Phi) is 111. The smallest absolute Gasteiger partial charge is 0.0803 e. The molecule has 0 spiro atoms. The Morgan fingerprint density at radius 1 is 0.195 bits per heavy atom. The summed E-state index contributed by atoms with van der Waals surface area (Å²) in [5, 5.41) is 136. The SMILES string of the molecule is CC(C)[NH2+]C(C)C.CC(C)[NH2+]C(C)C.CC(C)[NH2+]C(C)C.CC(C)[NH2+]C(C)C.CC(C)[NH2+]C(C)C.CC(C)[NH2+]C(C)C.CC(C)[NH2+]C(C)C.CC(C)[NH2+]C(C)C.CC(C)[NH2+]C(C)C.CC(C)[NH2+]C(C)C.CC(C)[NH2+]C(C)C.CC(C)[NH2+]C(C)C.CC(C)[NH2+]C(C)C.O=P([O-])([O-])[O-].[O-]C1CCCC([O-])([O-])C1([O-])[O-].[O-]C1CCCC([O-])([O-])C1([O-])[O-]. The lowest BCUT2D eigenvalue weighted by molar-refractivity contribution is -0.899. The third-order valence-corrected chi connectivity index (χ3v) is 13.9. The van der Waals surface area contributed by atoms with Crippen molar-refractivity contribution >= 4 is 7.82 Å². The summed E-state index contributed by atoms with van der Waals surface area (Å²) >= 11 is 0. The van der Waals surface area contributed by atoms with Crippen molar-refractivity contribution < 1.29 is 139 Å². The van der Waals surface area contributed by atoms with Gasteiger partial charge in [-0.3, -0.25) is 11.6 Å². The van der Waals surface area contributed by atoms with Crippen molar-refractivity contribution in [3.05, 3.63) is 0 Å². The predicted molar refractivity (Wildman–Crippen MR) is 472 cm³/mol. The number of phosphoric acid groups is 1. The summed E-state index contributed by atoms with van der Waals surface area (Å²) in [6.45, 7) is 115. The average molecular weight is 1740 g/mol. The van der Waals surface area contributed by atoms with E-state index in [2.05, 4.69) is 429 Å². The molecule has 2 fully saturated rings. The first-order valence-corrected chi connectivity index (χ1v) is 47.6. The summed E-state index contributed by atoms with van der Waals surface area (Å²) in [7, 11) is -5.39. The molecule has 26 N–H and O–H groups in total. The van der Waals surface area contributed by atoms with Crippen molar-refractivity contribution in [3.63, 3.8) is 0 Å². The Bertz CT molecular complexity index is 1530. The van der Waals surface area contributed by atoms with Crippen LogP contribution in [0.15, 0.2) is 0 Å². The van der Waals surface area contributed by atoms with Crippen molar-refractivity contribution in [2.45, 2.75) is 591 Å². The van der Waals surface area contributed by atoms with Crippen LogP contribution in [0.25, 0.3) is 0 Å². The molecule has 118 heavy (non-hydrogen) atoms. The minimum absolute atomic E-state index is 0.0907. The number of hydrogen-bond donors (Lipinski definition) is 13. The van der Waals surface area contributed by atoms with Gasteiger partial charge in [0, 0.05) is 0 Å². The molecule has 2 rings (SSSR count). The second-order valence-electron chi connectivity index (χ2n) is 40.9. The second-order valence-corrected chi connectivity index (χ2v) is 41.8. The molecule has 0 aromatic heterocycles. The minimum Gasteiger partial charge on any atom is -0.865 e. The van der Waals surface area contributed by atoms with Crippen LogP contribution in [0.2, 0.25) is 0 Å². The topological polar surface area (TPSA) is 533 Å². The van der Waals surface area contributed by atoms with Crippen molar-refractivity contribution in [1.29, 1.82) is 0 Å². The highest BCUT2D eigenvalue weighted by molar-refractivity contribution is 7.40. The molecule has 2 aliphatic rings. The maximum atomic E-state index is 10.6. The van der Waals surface area contributed by atoms with E-state index in [9.17, 15) is 51.1 Å². The van der Waals surface area contributed by atoms with E-state index in [0.717, 1.165) is 157 Å². The van der Waals surface area contributed by atoms with E-state index in [-0.39, 0.29) is 25.7 Å². The normalized spacial score (nSPS) is 15.7. The van der Waals surface area contributed by atoms with Crippen molar-refractivity contribution in [3.8, 4) is 0 Å². The van der Waals surface area contributed by atoms with E-state index in [4.69, 9.17) is 19.2 Å². The maximum absolute atomic E-state index is 10.6. The number of quaternary nitrogens is 13. The first-order valence-electron chi connectivity index (χ1n) is 46.1. The van der Waals surface area contributed by atoms with Crippen LogP contribution >= 0.6 is 7.82 Å². The monoisotopic (exact) mass is 1740 g/mol. The van der Waals surface area contributed by atoms with Gasteiger partial charge < -0.3 is 139 Å². The number of rotatable bonds is 26. The molecule has 2 unspecified atom stereocenters. The highest BCUT2D eigenvalue weighted by atomic mass is 31.2. The van der Waals surface area contributed by atoms with E-state index >= 15 is 0 Å². The van der Waals surface area contributed by atoms with E-state index in [0.29, 0.717) is 0 Å². The van der Waals surface area contributed by atoms with Gasteiger partial charge >= 0.3 is 0 Å². The van der Waals surface area contributed by atoms with Crippen LogP contribution in [0.3, 0.4) is 0 Å². The Morgan fingerprint density at radius 2 is 0.263 bits per heavy atom. The van der Waals surface area contributed by atoms with Gasteiger partial charge in [-0.2, -0.15) is 20.0 Å². The Hall–Kier alpha value is -0.810. The molecule has 27 nitrogen and oxygen atoms in total. The molecule has 2 saturated carbocycles. The summed E-state index contributed by atoms with van der Waals surface area (Å²) in [6, 6.07) is 19.5. The first-order chi connectivity index (χ1) is 52.4. The van der Waals surface area contributed by atoms with Gasteiger partial charge in [0.1, 0.15) is 0 Å². The summed E-state index contributed by atoms with van der Waals surface area (Å²) in [5.74, 6) is -14.0. The molecular weight excluding hydrogens is 1520 g/mol. The van der Waals surface area contributed by atoms with Gasteiger partial charge in [0.2, 0.25) is 0 Å². The van der Waals surface area contributed by atoms with Gasteiger partial charge in [-0.25, -0.2) is 11.6 Å². The third-order valence-electron chi connectivity index (χ3n) is 13.9. The Balaban J connectivity index is -0.0000000818. The zero-order valence-electron chi connectivity index (χ0n) is 88.1. The van der Waals surface area contributed by atoms with Crippen molar-refractivity contribution in [2.75, 3.05) is 0 Å². The first kappa shape index (κ1) is 149. The van der Waals surface area contributed by atoms with Gasteiger partial charge in [-0.1, -0.05) is 38.5 Å². The van der Waals surface area contributed by atoms with Crippen LogP contribution in [-0.4, -0.2) is 192 Å². The van der Waals surface area contributed by atoms with Crippen molar-refractivity contribution in [2.24, 2.45) is 0 Å². The summed E-state index contributed by atoms with van der Waals surface area (Å²) < 4.78 is 8.55. The quantitative estimate of drug-likeness (QED) is 0.0283. The number of nitrogens with two attached hydrogens (primary N) is 13. The lowest BCUT2D eigenvalue weighted by Crippen LogP contribution is -2.92. The summed E-state index contributed by atoms with van der Waals surface area (Å²) in [4.78, 5) is 25.6. The molecule has 0 aromatic rings. The molecule has 0 heterocycles. The highest BCUT2D eigenvalue weighted by Crippen LogP contribution is 2.24. The zero-order chi connectivity index (χ0) is 98.1.